The minimum atomic E-state index is 0. The third kappa shape index (κ3) is 8.46. The predicted molar refractivity (Wildman–Crippen MR) is 47.0 cm³/mol. The van der Waals surface area contributed by atoms with Crippen LogP contribution in [0.3, 0.4) is 0 Å². The molecule has 0 saturated heterocycles. The van der Waals surface area contributed by atoms with Crippen molar-refractivity contribution in [3.05, 3.63) is 6.92 Å². The van der Waals surface area contributed by atoms with Crippen LogP contribution in [0.1, 0.15) is 33.1 Å². The molecular weight excluding hydrogens is 129 g/mol. The van der Waals surface area contributed by atoms with Crippen molar-refractivity contribution < 1.29 is 18.9 Å². The van der Waals surface area contributed by atoms with E-state index in [9.17, 15) is 0 Å². The van der Waals surface area contributed by atoms with Crippen molar-refractivity contribution in [2.75, 3.05) is 19.6 Å². The molecule has 0 rings (SSSR count). The van der Waals surface area contributed by atoms with Gasteiger partial charge in [-0.2, -0.15) is 6.42 Å². The fourth-order valence-electron chi connectivity index (χ4n) is 1.19. The summed E-state index contributed by atoms with van der Waals surface area (Å²) in [6.45, 7) is 12.0. The van der Waals surface area contributed by atoms with Gasteiger partial charge in [-0.1, -0.05) is 13.8 Å². The van der Waals surface area contributed by atoms with Crippen LogP contribution in [0.2, 0.25) is 0 Å². The molecule has 2 heteroatoms. The summed E-state index contributed by atoms with van der Waals surface area (Å²) in [7, 11) is 0. The van der Waals surface area contributed by atoms with Gasteiger partial charge < -0.3 is 11.8 Å². The van der Waals surface area contributed by atoms with Gasteiger partial charge in [-0.25, -0.2) is 0 Å². The van der Waals surface area contributed by atoms with Crippen LogP contribution in [0.25, 0.3) is 0 Å². The molecule has 0 aliphatic heterocycles. The van der Waals surface area contributed by atoms with E-state index in [-0.39, 0.29) is 18.9 Å². The molecule has 62 valence electrons. The number of hydrogen-bond donors (Lipinski definition) is 0. The first kappa shape index (κ1) is 14.1. The van der Waals surface area contributed by atoms with Crippen molar-refractivity contribution in [1.82, 2.24) is 4.90 Å². The Kier molecular flexibility index (Phi) is 13.5. The minimum absolute atomic E-state index is 0. The molecule has 0 heterocycles. The zero-order valence-corrected chi connectivity index (χ0v) is 8.40. The molecule has 0 aromatic carbocycles. The molecule has 0 unspecified atom stereocenters. The Hall–Kier alpha value is 0.557. The van der Waals surface area contributed by atoms with E-state index >= 15 is 0 Å². The minimum Gasteiger partial charge on any atom is -0.342 e. The van der Waals surface area contributed by atoms with E-state index in [1.165, 1.54) is 32.5 Å². The largest absolute Gasteiger partial charge is 1.00 e. The summed E-state index contributed by atoms with van der Waals surface area (Å²) in [5.74, 6) is 0. The SMILES string of the molecule is [CH2-]CCN(CCC)CCC.[Li+]. The van der Waals surface area contributed by atoms with E-state index < -0.39 is 0 Å². The second-order valence-electron chi connectivity index (χ2n) is 2.70. The van der Waals surface area contributed by atoms with E-state index in [4.69, 9.17) is 0 Å². The van der Waals surface area contributed by atoms with Crippen LogP contribution in [0, 0.1) is 6.92 Å². The van der Waals surface area contributed by atoms with E-state index in [2.05, 4.69) is 25.7 Å². The first-order chi connectivity index (χ1) is 4.85. The standard InChI is InChI=1S/C9H20N.Li/c1-4-7-10(8-5-2)9-6-3;/h1,4-9H2,2-3H3;/q-1;+1. The summed E-state index contributed by atoms with van der Waals surface area (Å²) in [5, 5.41) is 0. The summed E-state index contributed by atoms with van der Waals surface area (Å²) in [6, 6.07) is 0. The molecule has 0 aromatic rings. The van der Waals surface area contributed by atoms with E-state index in [0.717, 1.165) is 6.42 Å². The quantitative estimate of drug-likeness (QED) is 0.358. The summed E-state index contributed by atoms with van der Waals surface area (Å²) in [4.78, 5) is 2.48. The second kappa shape index (κ2) is 10.6. The van der Waals surface area contributed by atoms with Gasteiger partial charge in [0, 0.05) is 0 Å². The predicted octanol–water partition coefficient (Wildman–Crippen LogP) is -0.663. The van der Waals surface area contributed by atoms with Gasteiger partial charge in [-0.15, -0.1) is 0 Å². The van der Waals surface area contributed by atoms with Gasteiger partial charge in [0.2, 0.25) is 0 Å². The molecule has 1 nitrogen and oxygen atoms in total. The van der Waals surface area contributed by atoms with Crippen LogP contribution in [-0.2, 0) is 0 Å². The van der Waals surface area contributed by atoms with Crippen molar-refractivity contribution >= 4 is 0 Å². The molecular formula is C9H20LiN. The molecule has 0 N–H and O–H groups in total. The van der Waals surface area contributed by atoms with E-state index in [1.807, 2.05) is 0 Å². The molecule has 0 aliphatic rings. The third-order valence-electron chi connectivity index (χ3n) is 1.55. The Balaban J connectivity index is 0. The van der Waals surface area contributed by atoms with E-state index in [1.54, 1.807) is 0 Å². The maximum atomic E-state index is 3.85. The number of rotatable bonds is 6. The third-order valence-corrected chi connectivity index (χ3v) is 1.55. The van der Waals surface area contributed by atoms with Gasteiger partial charge in [0.05, 0.1) is 0 Å². The van der Waals surface area contributed by atoms with Crippen LogP contribution < -0.4 is 18.9 Å². The molecule has 0 radical (unpaired) electrons. The fourth-order valence-corrected chi connectivity index (χ4v) is 1.19. The maximum Gasteiger partial charge on any atom is 1.00 e. The smallest absolute Gasteiger partial charge is 0.342 e. The Morgan fingerprint density at radius 2 is 1.45 bits per heavy atom. The van der Waals surface area contributed by atoms with Crippen LogP contribution >= 0.6 is 0 Å². The van der Waals surface area contributed by atoms with E-state index in [0.29, 0.717) is 0 Å². The summed E-state index contributed by atoms with van der Waals surface area (Å²) >= 11 is 0. The first-order valence-corrected chi connectivity index (χ1v) is 4.36. The molecule has 0 aliphatic carbocycles. The Morgan fingerprint density at radius 1 is 1.00 bits per heavy atom. The zero-order chi connectivity index (χ0) is 7.82. The van der Waals surface area contributed by atoms with Crippen LogP contribution in [0.4, 0.5) is 0 Å². The fraction of sp³-hybridized carbons (Fsp3) is 0.889. The zero-order valence-electron chi connectivity index (χ0n) is 8.40. The average Bonchev–Trinajstić information content (AvgIpc) is 1.90. The Bertz CT molecular complexity index is 52.3. The van der Waals surface area contributed by atoms with Gasteiger partial charge in [-0.3, -0.25) is 0 Å². The number of nitrogens with zero attached hydrogens (tertiary/aromatic N) is 1. The normalized spacial score (nSPS) is 9.82. The topological polar surface area (TPSA) is 3.24 Å². The van der Waals surface area contributed by atoms with Gasteiger partial charge >= 0.3 is 18.9 Å². The van der Waals surface area contributed by atoms with Crippen molar-refractivity contribution in [2.45, 2.75) is 33.1 Å². The molecule has 0 spiro atoms. The molecule has 11 heavy (non-hydrogen) atoms. The molecule has 0 saturated carbocycles. The van der Waals surface area contributed by atoms with Crippen LogP contribution in [-0.4, -0.2) is 24.5 Å². The Morgan fingerprint density at radius 3 is 1.73 bits per heavy atom. The van der Waals surface area contributed by atoms with Crippen molar-refractivity contribution in [2.24, 2.45) is 0 Å². The van der Waals surface area contributed by atoms with Gasteiger partial charge in [-0.05, 0) is 32.5 Å². The van der Waals surface area contributed by atoms with Gasteiger partial charge in [0.15, 0.2) is 0 Å². The summed E-state index contributed by atoms with van der Waals surface area (Å²) in [6.07, 6.45) is 3.57. The molecule has 0 atom stereocenters. The van der Waals surface area contributed by atoms with Crippen LogP contribution in [0.15, 0.2) is 0 Å². The molecule has 0 amide bonds. The molecule has 0 bridgehead atoms. The number of hydrogen-bond acceptors (Lipinski definition) is 1. The summed E-state index contributed by atoms with van der Waals surface area (Å²) < 4.78 is 0. The van der Waals surface area contributed by atoms with Gasteiger partial charge in [0.25, 0.3) is 0 Å². The molecule has 0 aromatic heterocycles. The van der Waals surface area contributed by atoms with Crippen molar-refractivity contribution in [3.63, 3.8) is 0 Å². The first-order valence-electron chi connectivity index (χ1n) is 4.36. The Labute approximate surface area is 83.7 Å². The second-order valence-corrected chi connectivity index (χ2v) is 2.70. The van der Waals surface area contributed by atoms with Crippen molar-refractivity contribution in [1.29, 1.82) is 0 Å². The van der Waals surface area contributed by atoms with Crippen molar-refractivity contribution in [3.8, 4) is 0 Å². The van der Waals surface area contributed by atoms with Crippen LogP contribution in [0.5, 0.6) is 0 Å². The monoisotopic (exact) mass is 149 g/mol. The average molecular weight is 149 g/mol. The van der Waals surface area contributed by atoms with Gasteiger partial charge in [0.1, 0.15) is 0 Å². The molecule has 0 fully saturated rings. The maximum absolute atomic E-state index is 3.85. The summed E-state index contributed by atoms with van der Waals surface area (Å²) in [5.41, 5.74) is 0.